The van der Waals surface area contributed by atoms with Crippen LogP contribution in [0.15, 0.2) is 79.0 Å². The molecular weight excluding hydrogens is 370 g/mol. The van der Waals surface area contributed by atoms with E-state index in [1.54, 1.807) is 0 Å². The van der Waals surface area contributed by atoms with Gasteiger partial charge in [0.15, 0.2) is 0 Å². The maximum atomic E-state index is 4.78. The van der Waals surface area contributed by atoms with Crippen LogP contribution in [0.25, 0.3) is 42.6 Å². The van der Waals surface area contributed by atoms with Crippen molar-refractivity contribution in [2.24, 2.45) is 0 Å². The van der Waals surface area contributed by atoms with Crippen LogP contribution in [-0.4, -0.2) is 4.98 Å². The fraction of sp³-hybridized carbons (Fsp3) is 0.148. The monoisotopic (exact) mass is 393 g/mol. The van der Waals surface area contributed by atoms with Gasteiger partial charge in [-0.2, -0.15) is 0 Å². The molecule has 142 valence electrons. The summed E-state index contributed by atoms with van der Waals surface area (Å²) < 4.78 is 2.64. The van der Waals surface area contributed by atoms with E-state index >= 15 is 0 Å². The fourth-order valence-corrected chi connectivity index (χ4v) is 5.38. The van der Waals surface area contributed by atoms with Crippen LogP contribution in [0.5, 0.6) is 0 Å². The van der Waals surface area contributed by atoms with Gasteiger partial charge in [-0.3, -0.25) is 4.98 Å². The molecule has 29 heavy (non-hydrogen) atoms. The first-order valence-electron chi connectivity index (χ1n) is 10.1. The van der Waals surface area contributed by atoms with E-state index in [0.717, 1.165) is 5.69 Å². The van der Waals surface area contributed by atoms with Crippen LogP contribution in [0, 0.1) is 6.92 Å². The summed E-state index contributed by atoms with van der Waals surface area (Å²) in [5.41, 5.74) is 7.46. The summed E-state index contributed by atoms with van der Waals surface area (Å²) in [6.07, 6.45) is 2.02. The maximum absolute atomic E-state index is 4.78. The number of hydrogen-bond donors (Lipinski definition) is 0. The van der Waals surface area contributed by atoms with Crippen molar-refractivity contribution in [3.05, 3.63) is 90.1 Å². The third-order valence-electron chi connectivity index (χ3n) is 5.65. The zero-order chi connectivity index (χ0) is 20.0. The first kappa shape index (κ1) is 18.1. The van der Waals surface area contributed by atoms with E-state index < -0.39 is 0 Å². The van der Waals surface area contributed by atoms with Gasteiger partial charge in [0.05, 0.1) is 5.69 Å². The summed E-state index contributed by atoms with van der Waals surface area (Å²) >= 11 is 1.87. The number of fused-ring (bicyclic) bond motifs is 3. The van der Waals surface area contributed by atoms with Crippen molar-refractivity contribution in [1.29, 1.82) is 0 Å². The van der Waals surface area contributed by atoms with Crippen molar-refractivity contribution in [2.45, 2.75) is 26.7 Å². The second-order valence-corrected chi connectivity index (χ2v) is 8.99. The summed E-state index contributed by atoms with van der Waals surface area (Å²) in [6, 6.07) is 26.3. The Labute approximate surface area is 175 Å². The largest absolute Gasteiger partial charge is 0.256 e. The number of benzene rings is 3. The predicted octanol–water partition coefficient (Wildman–Crippen LogP) is 8.22. The van der Waals surface area contributed by atoms with Crippen molar-refractivity contribution in [1.82, 2.24) is 4.98 Å². The third-order valence-corrected chi connectivity index (χ3v) is 6.85. The molecule has 0 bridgehead atoms. The predicted molar refractivity (Wildman–Crippen MR) is 127 cm³/mol. The lowest BCUT2D eigenvalue weighted by molar-refractivity contribution is 0.852. The minimum atomic E-state index is 0.492. The molecule has 5 aromatic rings. The van der Waals surface area contributed by atoms with Gasteiger partial charge in [0.25, 0.3) is 0 Å². The number of pyridine rings is 1. The lowest BCUT2D eigenvalue weighted by Gasteiger charge is -2.11. The molecule has 0 aliphatic carbocycles. The summed E-state index contributed by atoms with van der Waals surface area (Å²) in [5.74, 6) is 0.492. The summed E-state index contributed by atoms with van der Waals surface area (Å²) in [7, 11) is 0. The van der Waals surface area contributed by atoms with Crippen molar-refractivity contribution < 1.29 is 0 Å². The molecule has 0 fully saturated rings. The van der Waals surface area contributed by atoms with Gasteiger partial charge in [-0.1, -0.05) is 74.5 Å². The molecule has 0 unspecified atom stereocenters. The Bertz CT molecular complexity index is 1330. The number of aromatic nitrogens is 1. The Hall–Kier alpha value is -2.97. The molecule has 2 aromatic heterocycles. The topological polar surface area (TPSA) is 12.9 Å². The molecule has 0 radical (unpaired) electrons. The zero-order valence-electron chi connectivity index (χ0n) is 16.9. The number of hydrogen-bond acceptors (Lipinski definition) is 2. The molecule has 3 aromatic carbocycles. The van der Waals surface area contributed by atoms with E-state index in [9.17, 15) is 0 Å². The zero-order valence-corrected chi connectivity index (χ0v) is 17.8. The Kier molecular flexibility index (Phi) is 4.44. The van der Waals surface area contributed by atoms with E-state index in [0.29, 0.717) is 5.92 Å². The average molecular weight is 394 g/mol. The highest BCUT2D eigenvalue weighted by atomic mass is 32.1. The molecule has 0 aliphatic heterocycles. The third kappa shape index (κ3) is 3.14. The average Bonchev–Trinajstić information content (AvgIpc) is 3.12. The van der Waals surface area contributed by atoms with Gasteiger partial charge >= 0.3 is 0 Å². The van der Waals surface area contributed by atoms with Crippen molar-refractivity contribution in [2.75, 3.05) is 0 Å². The smallest absolute Gasteiger partial charge is 0.0719 e. The summed E-state index contributed by atoms with van der Waals surface area (Å²) in [6.45, 7) is 6.64. The van der Waals surface area contributed by atoms with Crippen LogP contribution >= 0.6 is 11.3 Å². The van der Waals surface area contributed by atoms with E-state index in [4.69, 9.17) is 4.98 Å². The molecule has 0 saturated heterocycles. The highest BCUT2D eigenvalue weighted by Crippen LogP contribution is 2.41. The highest BCUT2D eigenvalue weighted by molar-refractivity contribution is 7.26. The fourth-order valence-electron chi connectivity index (χ4n) is 4.12. The van der Waals surface area contributed by atoms with Crippen LogP contribution in [-0.2, 0) is 0 Å². The molecule has 0 saturated carbocycles. The molecule has 1 nitrogen and oxygen atoms in total. The molecule has 0 aliphatic rings. The lowest BCUT2D eigenvalue weighted by Crippen LogP contribution is -1.95. The van der Waals surface area contributed by atoms with Crippen LogP contribution in [0.3, 0.4) is 0 Å². The first-order valence-corrected chi connectivity index (χ1v) is 10.9. The molecule has 0 spiro atoms. The van der Waals surface area contributed by atoms with Crippen molar-refractivity contribution in [3.63, 3.8) is 0 Å². The number of thiophene rings is 1. The molecule has 0 atom stereocenters. The van der Waals surface area contributed by atoms with Gasteiger partial charge in [0, 0.05) is 31.9 Å². The Morgan fingerprint density at radius 2 is 1.62 bits per heavy atom. The van der Waals surface area contributed by atoms with Gasteiger partial charge in [0.1, 0.15) is 0 Å². The van der Waals surface area contributed by atoms with Crippen LogP contribution in [0.4, 0.5) is 0 Å². The maximum Gasteiger partial charge on any atom is 0.0719 e. The lowest BCUT2D eigenvalue weighted by atomic mass is 9.97. The summed E-state index contributed by atoms with van der Waals surface area (Å²) in [5, 5.41) is 2.64. The minimum absolute atomic E-state index is 0.492. The van der Waals surface area contributed by atoms with Crippen LogP contribution in [0.2, 0.25) is 0 Å². The van der Waals surface area contributed by atoms with E-state index in [-0.39, 0.29) is 0 Å². The first-order chi connectivity index (χ1) is 14.1. The van der Waals surface area contributed by atoms with Gasteiger partial charge in [0.2, 0.25) is 0 Å². The molecule has 0 amide bonds. The van der Waals surface area contributed by atoms with Gasteiger partial charge < -0.3 is 0 Å². The standard InChI is InChI=1S/C27H23NS/c1-17(2)24-15-25(28-16-18(24)3)23-11-7-10-22-21-13-12-20(14-26(21)29-27(22)23)19-8-5-4-6-9-19/h4-17H,1-3H3. The van der Waals surface area contributed by atoms with E-state index in [1.807, 2.05) is 17.5 Å². The highest BCUT2D eigenvalue weighted by Gasteiger charge is 2.14. The minimum Gasteiger partial charge on any atom is -0.256 e. The van der Waals surface area contributed by atoms with E-state index in [2.05, 4.69) is 93.6 Å². The second kappa shape index (κ2) is 7.13. The van der Waals surface area contributed by atoms with Crippen LogP contribution in [0.1, 0.15) is 30.9 Å². The van der Waals surface area contributed by atoms with Crippen molar-refractivity contribution >= 4 is 31.5 Å². The molecule has 2 heterocycles. The Morgan fingerprint density at radius 3 is 2.41 bits per heavy atom. The quantitative estimate of drug-likeness (QED) is 0.301. The Morgan fingerprint density at radius 1 is 0.793 bits per heavy atom. The summed E-state index contributed by atoms with van der Waals surface area (Å²) in [4.78, 5) is 4.78. The van der Waals surface area contributed by atoms with E-state index in [1.165, 1.54) is 48.0 Å². The van der Waals surface area contributed by atoms with Crippen LogP contribution < -0.4 is 0 Å². The number of rotatable bonds is 3. The van der Waals surface area contributed by atoms with Gasteiger partial charge in [-0.25, -0.2) is 0 Å². The van der Waals surface area contributed by atoms with Gasteiger partial charge in [-0.05, 0) is 47.2 Å². The van der Waals surface area contributed by atoms with Crippen molar-refractivity contribution in [3.8, 4) is 22.4 Å². The second-order valence-electron chi connectivity index (χ2n) is 7.94. The normalized spacial score (nSPS) is 11.6. The molecule has 5 rings (SSSR count). The number of nitrogens with zero attached hydrogens (tertiary/aromatic N) is 1. The molecule has 0 N–H and O–H groups in total. The Balaban J connectivity index is 1.71. The molecular formula is C27H23NS. The number of aryl methyl sites for hydroxylation is 1. The molecule has 2 heteroatoms. The van der Waals surface area contributed by atoms with Gasteiger partial charge in [-0.15, -0.1) is 11.3 Å². The SMILES string of the molecule is Cc1cnc(-c2cccc3c2sc2cc(-c4ccccc4)ccc23)cc1C(C)C.